The molecule has 2 aliphatic heterocycles. The molecule has 16 heavy (non-hydrogen) atoms. The maximum absolute atomic E-state index is 11.5. The second kappa shape index (κ2) is 6.23. The molecule has 1 amide bonds. The van der Waals surface area contributed by atoms with E-state index in [0.717, 1.165) is 38.0 Å². The molecule has 0 aromatic carbocycles. The monoisotopic (exact) mass is 245 g/mol. The summed E-state index contributed by atoms with van der Waals surface area (Å²) in [6, 6.07) is 0. The molecule has 2 N–H and O–H groups in total. The highest BCUT2D eigenvalue weighted by molar-refractivity contribution is 5.85. The van der Waals surface area contributed by atoms with Gasteiger partial charge in [0.1, 0.15) is 0 Å². The first-order valence-electron chi connectivity index (χ1n) is 5.60. The van der Waals surface area contributed by atoms with Crippen LogP contribution in [-0.2, 0) is 4.79 Å². The molecule has 2 fully saturated rings. The maximum atomic E-state index is 11.5. The lowest BCUT2D eigenvalue weighted by molar-refractivity contribution is -0.121. The first kappa shape index (κ1) is 13.5. The van der Waals surface area contributed by atoms with Crippen LogP contribution in [0.1, 0.15) is 0 Å². The van der Waals surface area contributed by atoms with E-state index in [4.69, 9.17) is 0 Å². The number of hydrogen-bond acceptors (Lipinski definition) is 3. The summed E-state index contributed by atoms with van der Waals surface area (Å²) in [6.07, 6.45) is 1.71. The van der Waals surface area contributed by atoms with Crippen molar-refractivity contribution < 1.29 is 4.79 Å². The zero-order chi connectivity index (χ0) is 10.7. The predicted octanol–water partition coefficient (Wildman–Crippen LogP) is -0.138. The summed E-state index contributed by atoms with van der Waals surface area (Å²) in [5.74, 6) is 1.64. The van der Waals surface area contributed by atoms with Gasteiger partial charge in [-0.2, -0.15) is 0 Å². The normalized spacial score (nSPS) is 28.2. The first-order valence-corrected chi connectivity index (χ1v) is 5.60. The Hall–Kier alpha value is -0.580. The Morgan fingerprint density at radius 2 is 2.06 bits per heavy atom. The molecular weight excluding hydrogens is 226 g/mol. The van der Waals surface area contributed by atoms with Crippen LogP contribution < -0.4 is 10.6 Å². The van der Waals surface area contributed by atoms with Gasteiger partial charge >= 0.3 is 0 Å². The standard InChI is InChI=1S/C11H19N3O.ClH/c1-2-3-13-11(15)8-14-6-9-4-12-5-10(9)7-14;/h2,9-10,12H,1,3-8H2,(H,13,15);1H/t9-,10+;. The molecule has 2 saturated heterocycles. The van der Waals surface area contributed by atoms with Crippen molar-refractivity contribution in [3.63, 3.8) is 0 Å². The molecule has 4 nitrogen and oxygen atoms in total. The van der Waals surface area contributed by atoms with Crippen LogP contribution in [0, 0.1) is 11.8 Å². The number of amides is 1. The van der Waals surface area contributed by atoms with Crippen molar-refractivity contribution in [1.82, 2.24) is 15.5 Å². The van der Waals surface area contributed by atoms with Crippen molar-refractivity contribution in [2.75, 3.05) is 39.3 Å². The molecule has 0 bridgehead atoms. The van der Waals surface area contributed by atoms with Crippen LogP contribution >= 0.6 is 12.4 Å². The number of carbonyl (C=O) groups is 1. The number of carbonyl (C=O) groups excluding carboxylic acids is 1. The van der Waals surface area contributed by atoms with Gasteiger partial charge in [0, 0.05) is 19.6 Å². The summed E-state index contributed by atoms with van der Waals surface area (Å²) in [5.41, 5.74) is 0. The van der Waals surface area contributed by atoms with Crippen LogP contribution in [0.3, 0.4) is 0 Å². The highest BCUT2D eigenvalue weighted by atomic mass is 35.5. The molecule has 0 radical (unpaired) electrons. The molecule has 2 aliphatic rings. The van der Waals surface area contributed by atoms with Gasteiger partial charge in [-0.25, -0.2) is 0 Å². The quantitative estimate of drug-likeness (QED) is 0.678. The third kappa shape index (κ3) is 3.20. The Balaban J connectivity index is 0.00000128. The summed E-state index contributed by atoms with van der Waals surface area (Å²) < 4.78 is 0. The minimum Gasteiger partial charge on any atom is -0.352 e. The third-order valence-corrected chi connectivity index (χ3v) is 3.28. The minimum absolute atomic E-state index is 0. The molecule has 2 heterocycles. The van der Waals surface area contributed by atoms with Crippen LogP contribution in [0.5, 0.6) is 0 Å². The number of nitrogens with one attached hydrogen (secondary N) is 2. The number of halogens is 1. The average molecular weight is 246 g/mol. The molecule has 0 aliphatic carbocycles. The van der Waals surface area contributed by atoms with Gasteiger partial charge in [-0.3, -0.25) is 9.69 Å². The minimum atomic E-state index is 0. The Morgan fingerprint density at radius 3 is 2.62 bits per heavy atom. The summed E-state index contributed by atoms with van der Waals surface area (Å²) in [7, 11) is 0. The fraction of sp³-hybridized carbons (Fsp3) is 0.727. The maximum Gasteiger partial charge on any atom is 0.234 e. The van der Waals surface area contributed by atoms with Crippen LogP contribution in [0.2, 0.25) is 0 Å². The average Bonchev–Trinajstić information content (AvgIpc) is 2.74. The zero-order valence-corrected chi connectivity index (χ0v) is 10.3. The summed E-state index contributed by atoms with van der Waals surface area (Å²) in [6.45, 7) is 9.07. The smallest absolute Gasteiger partial charge is 0.234 e. The van der Waals surface area contributed by atoms with E-state index in [9.17, 15) is 4.79 Å². The Morgan fingerprint density at radius 1 is 1.44 bits per heavy atom. The molecule has 0 aromatic heterocycles. The van der Waals surface area contributed by atoms with E-state index in [0.29, 0.717) is 13.1 Å². The fourth-order valence-corrected chi connectivity index (χ4v) is 2.53. The van der Waals surface area contributed by atoms with Crippen molar-refractivity contribution >= 4 is 18.3 Å². The van der Waals surface area contributed by atoms with Crippen LogP contribution in [0.25, 0.3) is 0 Å². The highest BCUT2D eigenvalue weighted by Gasteiger charge is 2.36. The zero-order valence-electron chi connectivity index (χ0n) is 9.45. The van der Waals surface area contributed by atoms with Gasteiger partial charge in [-0.1, -0.05) is 6.08 Å². The lowest BCUT2D eigenvalue weighted by atomic mass is 10.0. The van der Waals surface area contributed by atoms with Crippen molar-refractivity contribution in [2.45, 2.75) is 0 Å². The van der Waals surface area contributed by atoms with Crippen molar-refractivity contribution in [1.29, 1.82) is 0 Å². The molecule has 92 valence electrons. The largest absolute Gasteiger partial charge is 0.352 e. The molecule has 2 rings (SSSR count). The van der Waals surface area contributed by atoms with E-state index >= 15 is 0 Å². The second-order valence-electron chi connectivity index (χ2n) is 4.47. The third-order valence-electron chi connectivity index (χ3n) is 3.28. The van der Waals surface area contributed by atoms with Crippen molar-refractivity contribution in [3.05, 3.63) is 12.7 Å². The van der Waals surface area contributed by atoms with Gasteiger partial charge in [0.15, 0.2) is 0 Å². The highest BCUT2D eigenvalue weighted by Crippen LogP contribution is 2.25. The van der Waals surface area contributed by atoms with Gasteiger partial charge in [0.25, 0.3) is 0 Å². The van der Waals surface area contributed by atoms with Crippen molar-refractivity contribution in [2.24, 2.45) is 11.8 Å². The van der Waals surface area contributed by atoms with Crippen LogP contribution in [0.4, 0.5) is 0 Å². The molecule has 0 unspecified atom stereocenters. The topological polar surface area (TPSA) is 44.4 Å². The fourth-order valence-electron chi connectivity index (χ4n) is 2.53. The van der Waals surface area contributed by atoms with Crippen LogP contribution in [-0.4, -0.2) is 50.1 Å². The number of fused-ring (bicyclic) bond motifs is 1. The Bertz CT molecular complexity index is 248. The first-order chi connectivity index (χ1) is 7.29. The van der Waals surface area contributed by atoms with E-state index in [1.165, 1.54) is 0 Å². The number of hydrogen-bond donors (Lipinski definition) is 2. The lowest BCUT2D eigenvalue weighted by Gasteiger charge is -2.15. The van der Waals surface area contributed by atoms with E-state index < -0.39 is 0 Å². The molecular formula is C11H20ClN3O. The molecule has 0 aromatic rings. The van der Waals surface area contributed by atoms with Gasteiger partial charge in [0.05, 0.1) is 6.54 Å². The molecule has 5 heteroatoms. The van der Waals surface area contributed by atoms with Crippen molar-refractivity contribution in [3.8, 4) is 0 Å². The lowest BCUT2D eigenvalue weighted by Crippen LogP contribution is -2.37. The second-order valence-corrected chi connectivity index (χ2v) is 4.47. The van der Waals surface area contributed by atoms with Gasteiger partial charge in [-0.05, 0) is 24.9 Å². The molecule has 2 atom stereocenters. The van der Waals surface area contributed by atoms with Gasteiger partial charge in [-0.15, -0.1) is 19.0 Å². The SMILES string of the molecule is C=CCNC(=O)CN1C[C@H]2CNC[C@H]2C1.Cl. The van der Waals surface area contributed by atoms with Crippen LogP contribution in [0.15, 0.2) is 12.7 Å². The van der Waals surface area contributed by atoms with E-state index in [1.54, 1.807) is 6.08 Å². The predicted molar refractivity (Wildman–Crippen MR) is 66.7 cm³/mol. The Labute approximate surface area is 103 Å². The van der Waals surface area contributed by atoms with E-state index in [1.807, 2.05) is 0 Å². The van der Waals surface area contributed by atoms with Gasteiger partial charge in [0.2, 0.25) is 5.91 Å². The van der Waals surface area contributed by atoms with E-state index in [-0.39, 0.29) is 18.3 Å². The molecule has 0 spiro atoms. The summed E-state index contributed by atoms with van der Waals surface area (Å²) in [4.78, 5) is 13.7. The van der Waals surface area contributed by atoms with E-state index in [2.05, 4.69) is 22.1 Å². The summed E-state index contributed by atoms with van der Waals surface area (Å²) >= 11 is 0. The number of nitrogens with zero attached hydrogens (tertiary/aromatic N) is 1. The Kier molecular flexibility index (Phi) is 5.25. The number of likely N-dealkylation sites (tertiary alicyclic amines) is 1. The number of rotatable bonds is 4. The molecule has 0 saturated carbocycles. The van der Waals surface area contributed by atoms with Gasteiger partial charge < -0.3 is 10.6 Å². The summed E-state index contributed by atoms with van der Waals surface area (Å²) in [5, 5.41) is 6.20.